The van der Waals surface area contributed by atoms with Crippen LogP contribution in [0.4, 0.5) is 24.7 Å². The number of rotatable bonds is 5. The molecule has 1 saturated heterocycles. The molecule has 1 amide bonds. The van der Waals surface area contributed by atoms with E-state index in [2.05, 4.69) is 10.3 Å². The van der Waals surface area contributed by atoms with Crippen molar-refractivity contribution < 1.29 is 26.4 Å². The molecular weight excluding hydrogens is 471 g/mol. The van der Waals surface area contributed by atoms with Gasteiger partial charge in [0.05, 0.1) is 21.5 Å². The second-order valence-electron chi connectivity index (χ2n) is 7.28. The number of piperazine rings is 1. The Morgan fingerprint density at radius 2 is 1.78 bits per heavy atom. The predicted molar refractivity (Wildman–Crippen MR) is 114 cm³/mol. The van der Waals surface area contributed by atoms with E-state index in [1.165, 1.54) is 24.3 Å². The van der Waals surface area contributed by atoms with Crippen LogP contribution in [0.5, 0.6) is 0 Å². The van der Waals surface area contributed by atoms with Gasteiger partial charge in [-0.25, -0.2) is 18.5 Å². The summed E-state index contributed by atoms with van der Waals surface area (Å²) in [5.74, 6) is -0.0149. The van der Waals surface area contributed by atoms with Crippen molar-refractivity contribution in [1.29, 1.82) is 0 Å². The molecule has 0 bridgehead atoms. The van der Waals surface area contributed by atoms with Gasteiger partial charge in [0.15, 0.2) is 0 Å². The topological polar surface area (TPSA) is 109 Å². The molecule has 0 radical (unpaired) electrons. The van der Waals surface area contributed by atoms with Crippen molar-refractivity contribution in [1.82, 2.24) is 9.88 Å². The lowest BCUT2D eigenvalue weighted by Gasteiger charge is -2.38. The fraction of sp³-hybridized carbons (Fsp3) is 0.368. The maximum absolute atomic E-state index is 12.8. The highest BCUT2D eigenvalue weighted by atomic mass is 35.5. The lowest BCUT2D eigenvalue weighted by molar-refractivity contribution is -0.137. The second-order valence-corrected chi connectivity index (χ2v) is 9.25. The van der Waals surface area contributed by atoms with Crippen molar-refractivity contribution in [2.45, 2.75) is 24.0 Å². The third-order valence-corrected chi connectivity index (χ3v) is 6.35. The van der Waals surface area contributed by atoms with Gasteiger partial charge in [0.2, 0.25) is 15.9 Å². The molecule has 0 spiro atoms. The number of pyridine rings is 1. The molecule has 1 aromatic heterocycles. The zero-order valence-electron chi connectivity index (χ0n) is 16.9. The average molecular weight is 492 g/mol. The number of halogens is 4. The number of primary sulfonamides is 1. The Labute approximate surface area is 188 Å². The smallest absolute Gasteiger partial charge is 0.353 e. The molecule has 1 aliphatic heterocycles. The van der Waals surface area contributed by atoms with Gasteiger partial charge >= 0.3 is 6.18 Å². The van der Waals surface area contributed by atoms with Gasteiger partial charge in [0, 0.05) is 38.1 Å². The van der Waals surface area contributed by atoms with Gasteiger partial charge in [0.1, 0.15) is 5.82 Å². The number of nitrogens with one attached hydrogen (secondary N) is 1. The third-order valence-electron chi connectivity index (χ3n) is 5.14. The molecule has 1 aliphatic rings. The van der Waals surface area contributed by atoms with Crippen LogP contribution in [0.1, 0.15) is 12.5 Å². The van der Waals surface area contributed by atoms with E-state index in [9.17, 15) is 26.4 Å². The van der Waals surface area contributed by atoms with Crippen molar-refractivity contribution in [3.63, 3.8) is 0 Å². The van der Waals surface area contributed by atoms with Crippen LogP contribution in [-0.2, 0) is 21.0 Å². The molecule has 0 saturated carbocycles. The SMILES string of the molecule is CC(C(=O)Nc1ccc(S(N)(=O)=O)cc1)N1CCN(c2ncc(C(F)(F)F)cc2Cl)CC1. The molecule has 32 heavy (non-hydrogen) atoms. The number of benzene rings is 1. The Hall–Kier alpha value is -2.41. The van der Waals surface area contributed by atoms with E-state index in [4.69, 9.17) is 16.7 Å². The van der Waals surface area contributed by atoms with Crippen LogP contribution in [0.3, 0.4) is 0 Å². The number of carbonyl (C=O) groups is 1. The Balaban J connectivity index is 1.58. The van der Waals surface area contributed by atoms with Gasteiger partial charge in [-0.3, -0.25) is 9.69 Å². The fourth-order valence-electron chi connectivity index (χ4n) is 3.28. The van der Waals surface area contributed by atoms with Crippen LogP contribution in [0, 0.1) is 0 Å². The predicted octanol–water partition coefficient (Wildman–Crippen LogP) is 2.55. The first kappa shape index (κ1) is 24.2. The average Bonchev–Trinajstić information content (AvgIpc) is 2.72. The zero-order chi connectivity index (χ0) is 23.7. The largest absolute Gasteiger partial charge is 0.417 e. The molecule has 8 nitrogen and oxygen atoms in total. The van der Waals surface area contributed by atoms with Crippen LogP contribution < -0.4 is 15.4 Å². The van der Waals surface area contributed by atoms with Gasteiger partial charge in [0.25, 0.3) is 0 Å². The van der Waals surface area contributed by atoms with Crippen LogP contribution in [-0.4, -0.2) is 56.4 Å². The molecule has 13 heteroatoms. The van der Waals surface area contributed by atoms with Gasteiger partial charge in [-0.2, -0.15) is 13.2 Å². The lowest BCUT2D eigenvalue weighted by atomic mass is 10.2. The van der Waals surface area contributed by atoms with Crippen molar-refractivity contribution in [2.24, 2.45) is 5.14 Å². The summed E-state index contributed by atoms with van der Waals surface area (Å²) in [7, 11) is -3.82. The number of hydrogen-bond acceptors (Lipinski definition) is 6. The number of nitrogens with zero attached hydrogens (tertiary/aromatic N) is 3. The summed E-state index contributed by atoms with van der Waals surface area (Å²) >= 11 is 6.02. The maximum atomic E-state index is 12.8. The van der Waals surface area contributed by atoms with Gasteiger partial charge in [-0.05, 0) is 37.3 Å². The lowest BCUT2D eigenvalue weighted by Crippen LogP contribution is -2.53. The molecule has 2 heterocycles. The van der Waals surface area contributed by atoms with Gasteiger partial charge < -0.3 is 10.2 Å². The zero-order valence-corrected chi connectivity index (χ0v) is 18.5. The summed E-state index contributed by atoms with van der Waals surface area (Å²) < 4.78 is 61.0. The Morgan fingerprint density at radius 3 is 2.28 bits per heavy atom. The summed E-state index contributed by atoms with van der Waals surface area (Å²) in [5, 5.41) is 7.69. The van der Waals surface area contributed by atoms with E-state index in [0.717, 1.165) is 12.3 Å². The number of amides is 1. The van der Waals surface area contributed by atoms with Crippen molar-refractivity contribution in [3.8, 4) is 0 Å². The fourth-order valence-corrected chi connectivity index (χ4v) is 4.08. The van der Waals surface area contributed by atoms with E-state index < -0.39 is 27.8 Å². The molecule has 1 fully saturated rings. The molecule has 0 aliphatic carbocycles. The highest BCUT2D eigenvalue weighted by Gasteiger charge is 2.33. The summed E-state index contributed by atoms with van der Waals surface area (Å²) in [6.45, 7) is 3.53. The number of nitrogens with two attached hydrogens (primary N) is 1. The summed E-state index contributed by atoms with van der Waals surface area (Å²) in [4.78, 5) is 20.1. The molecule has 3 rings (SSSR count). The molecule has 1 atom stereocenters. The van der Waals surface area contributed by atoms with Crippen molar-refractivity contribution in [2.75, 3.05) is 36.4 Å². The van der Waals surface area contributed by atoms with Crippen molar-refractivity contribution in [3.05, 3.63) is 47.1 Å². The highest BCUT2D eigenvalue weighted by molar-refractivity contribution is 7.89. The summed E-state index contributed by atoms with van der Waals surface area (Å²) in [6, 6.07) is 5.85. The van der Waals surface area contributed by atoms with Crippen LogP contribution >= 0.6 is 11.6 Å². The quantitative estimate of drug-likeness (QED) is 0.665. The first-order chi connectivity index (χ1) is 14.9. The van der Waals surface area contributed by atoms with E-state index in [1.807, 2.05) is 4.90 Å². The first-order valence-electron chi connectivity index (χ1n) is 9.52. The monoisotopic (exact) mass is 491 g/mol. The Bertz CT molecular complexity index is 1090. The molecular formula is C19H21ClF3N5O3S. The molecule has 1 aromatic carbocycles. The number of carbonyl (C=O) groups excluding carboxylic acids is 1. The maximum Gasteiger partial charge on any atom is 0.417 e. The Kier molecular flexibility index (Phi) is 6.98. The second kappa shape index (κ2) is 9.22. The number of sulfonamides is 1. The summed E-state index contributed by atoms with van der Waals surface area (Å²) in [6.07, 6.45) is -3.76. The number of aromatic nitrogens is 1. The van der Waals surface area contributed by atoms with E-state index in [-0.39, 0.29) is 21.6 Å². The molecule has 174 valence electrons. The van der Waals surface area contributed by atoms with Crippen LogP contribution in [0.25, 0.3) is 0 Å². The van der Waals surface area contributed by atoms with Crippen molar-refractivity contribution >= 4 is 39.0 Å². The van der Waals surface area contributed by atoms with Gasteiger partial charge in [-0.1, -0.05) is 11.6 Å². The Morgan fingerprint density at radius 1 is 1.19 bits per heavy atom. The minimum atomic E-state index is -4.52. The van der Waals surface area contributed by atoms with E-state index in [1.54, 1.807) is 11.8 Å². The van der Waals surface area contributed by atoms with E-state index >= 15 is 0 Å². The first-order valence-corrected chi connectivity index (χ1v) is 11.4. The molecule has 2 aromatic rings. The highest BCUT2D eigenvalue weighted by Crippen LogP contribution is 2.33. The number of anilines is 2. The number of alkyl halides is 3. The van der Waals surface area contributed by atoms with Crippen LogP contribution in [0.2, 0.25) is 5.02 Å². The summed E-state index contributed by atoms with van der Waals surface area (Å²) in [5.41, 5.74) is -0.485. The van der Waals surface area contributed by atoms with Gasteiger partial charge in [-0.15, -0.1) is 0 Å². The minimum absolute atomic E-state index is 0.0600. The molecule has 3 N–H and O–H groups in total. The minimum Gasteiger partial charge on any atom is -0.353 e. The third kappa shape index (κ3) is 5.68. The number of hydrogen-bond donors (Lipinski definition) is 2. The van der Waals surface area contributed by atoms with Crippen LogP contribution in [0.15, 0.2) is 41.4 Å². The van der Waals surface area contributed by atoms with E-state index in [0.29, 0.717) is 31.9 Å². The normalized spacial score (nSPS) is 16.6. The standard InChI is InChI=1S/C19H21ClF3N5O3S/c1-12(18(29)26-14-2-4-15(5-3-14)32(24,30)31)27-6-8-28(9-7-27)17-16(20)10-13(11-25-17)19(21,22)23/h2-5,10-12H,6-9H2,1H3,(H,26,29)(H2,24,30,31). The molecule has 1 unspecified atom stereocenters.